The number of nitrogens with two attached hydrogens (primary N) is 1. The number of ether oxygens (including phenoxy) is 1. The molecule has 0 saturated heterocycles. The van der Waals surface area contributed by atoms with Gasteiger partial charge in [-0.3, -0.25) is 0 Å². The Morgan fingerprint density at radius 2 is 2.00 bits per heavy atom. The molecular formula is C14H16N6OS2. The van der Waals surface area contributed by atoms with Gasteiger partial charge in [-0.2, -0.15) is 0 Å². The summed E-state index contributed by atoms with van der Waals surface area (Å²) in [6, 6.07) is 7.57. The van der Waals surface area contributed by atoms with Gasteiger partial charge in [0.2, 0.25) is 5.16 Å². The smallest absolute Gasteiger partial charge is 0.210 e. The summed E-state index contributed by atoms with van der Waals surface area (Å²) >= 11 is 3.07. The van der Waals surface area contributed by atoms with Crippen molar-refractivity contribution in [2.24, 2.45) is 0 Å². The van der Waals surface area contributed by atoms with Gasteiger partial charge in [0.15, 0.2) is 5.82 Å². The van der Waals surface area contributed by atoms with Crippen LogP contribution in [0, 0.1) is 6.92 Å². The van der Waals surface area contributed by atoms with Crippen LogP contribution >= 0.6 is 23.1 Å². The molecule has 3 rings (SSSR count). The molecule has 1 atom stereocenters. The maximum Gasteiger partial charge on any atom is 0.210 e. The van der Waals surface area contributed by atoms with Gasteiger partial charge in [0.1, 0.15) is 15.8 Å². The van der Waals surface area contributed by atoms with Crippen LogP contribution in [0.2, 0.25) is 0 Å². The van der Waals surface area contributed by atoms with Crippen molar-refractivity contribution in [3.63, 3.8) is 0 Å². The molecule has 2 heterocycles. The Bertz CT molecular complexity index is 815. The monoisotopic (exact) mass is 348 g/mol. The number of rotatable bonds is 5. The molecule has 0 aliphatic carbocycles. The lowest BCUT2D eigenvalue weighted by atomic mass is 10.2. The number of nitrogens with zero attached hydrogens (tertiary/aromatic N) is 5. The van der Waals surface area contributed by atoms with Crippen LogP contribution in [0.4, 0.5) is 0 Å². The van der Waals surface area contributed by atoms with E-state index in [2.05, 4.69) is 20.4 Å². The average molecular weight is 348 g/mol. The fourth-order valence-corrected chi connectivity index (χ4v) is 3.73. The highest BCUT2D eigenvalue weighted by Gasteiger charge is 2.20. The van der Waals surface area contributed by atoms with E-state index in [1.54, 1.807) is 18.4 Å². The van der Waals surface area contributed by atoms with Gasteiger partial charge in [-0.1, -0.05) is 23.9 Å². The molecule has 23 heavy (non-hydrogen) atoms. The Kier molecular flexibility index (Phi) is 4.49. The first kappa shape index (κ1) is 15.8. The van der Waals surface area contributed by atoms with Gasteiger partial charge in [0, 0.05) is 0 Å². The quantitative estimate of drug-likeness (QED) is 0.560. The zero-order chi connectivity index (χ0) is 16.4. The first-order valence-electron chi connectivity index (χ1n) is 6.90. The van der Waals surface area contributed by atoms with E-state index in [4.69, 9.17) is 10.6 Å². The Morgan fingerprint density at radius 1 is 1.22 bits per heavy atom. The highest BCUT2D eigenvalue weighted by atomic mass is 32.2. The van der Waals surface area contributed by atoms with Crippen molar-refractivity contribution in [1.29, 1.82) is 0 Å². The van der Waals surface area contributed by atoms with Gasteiger partial charge >= 0.3 is 0 Å². The van der Waals surface area contributed by atoms with E-state index >= 15 is 0 Å². The third-order valence-corrected chi connectivity index (χ3v) is 5.42. The second-order valence-electron chi connectivity index (χ2n) is 4.80. The van der Waals surface area contributed by atoms with Gasteiger partial charge in [0.05, 0.1) is 17.9 Å². The highest BCUT2D eigenvalue weighted by molar-refractivity contribution is 7.99. The van der Waals surface area contributed by atoms with Crippen molar-refractivity contribution >= 4 is 23.1 Å². The molecular weight excluding hydrogens is 332 g/mol. The molecule has 0 saturated carbocycles. The molecule has 0 spiro atoms. The lowest BCUT2D eigenvalue weighted by Gasteiger charge is -2.09. The maximum atomic E-state index is 6.17. The molecule has 2 aromatic heterocycles. The minimum Gasteiger partial charge on any atom is -0.496 e. The second kappa shape index (κ2) is 6.55. The summed E-state index contributed by atoms with van der Waals surface area (Å²) in [7, 11) is 1.62. The van der Waals surface area contributed by atoms with Crippen LogP contribution < -0.4 is 10.6 Å². The van der Waals surface area contributed by atoms with Crippen molar-refractivity contribution in [2.75, 3.05) is 13.0 Å². The molecule has 0 radical (unpaired) electrons. The summed E-state index contributed by atoms with van der Waals surface area (Å²) < 4.78 is 6.84. The minimum atomic E-state index is 0.0956. The van der Waals surface area contributed by atoms with Gasteiger partial charge in [-0.25, -0.2) is 4.68 Å². The SMILES string of the molecule is COc1ccccc1-c1nnc(S[C@@H](C)c2nnc(C)s2)n1N. The van der Waals surface area contributed by atoms with Crippen molar-refractivity contribution in [1.82, 2.24) is 25.1 Å². The fraction of sp³-hybridized carbons (Fsp3) is 0.286. The number of aryl methyl sites for hydroxylation is 1. The molecule has 7 nitrogen and oxygen atoms in total. The fourth-order valence-electron chi connectivity index (χ4n) is 2.06. The standard InChI is InChI=1S/C14H16N6OS2/c1-8(13-18-16-9(2)23-13)22-14-19-17-12(20(14)15)10-6-4-5-7-11(10)21-3/h4-8H,15H2,1-3H3/t8-/m0/s1. The molecule has 2 N–H and O–H groups in total. The van der Waals surface area contributed by atoms with E-state index < -0.39 is 0 Å². The highest BCUT2D eigenvalue weighted by Crippen LogP contribution is 2.36. The van der Waals surface area contributed by atoms with Crippen molar-refractivity contribution in [3.05, 3.63) is 34.3 Å². The number of hydrogen-bond acceptors (Lipinski definition) is 8. The van der Waals surface area contributed by atoms with Crippen LogP contribution in [0.25, 0.3) is 11.4 Å². The Morgan fingerprint density at radius 3 is 2.70 bits per heavy atom. The van der Waals surface area contributed by atoms with E-state index in [0.717, 1.165) is 15.6 Å². The van der Waals surface area contributed by atoms with Gasteiger partial charge < -0.3 is 10.6 Å². The molecule has 0 fully saturated rings. The van der Waals surface area contributed by atoms with E-state index in [1.165, 1.54) is 16.4 Å². The second-order valence-corrected chi connectivity index (χ2v) is 7.32. The lowest BCUT2D eigenvalue weighted by Crippen LogP contribution is -2.12. The number of nitrogen functional groups attached to an aromatic ring is 1. The molecule has 0 unspecified atom stereocenters. The number of thioether (sulfide) groups is 1. The third kappa shape index (κ3) is 3.15. The Labute approximate surface area is 141 Å². The van der Waals surface area contributed by atoms with Crippen LogP contribution in [0.1, 0.15) is 22.2 Å². The predicted octanol–water partition coefficient (Wildman–Crippen LogP) is 2.68. The van der Waals surface area contributed by atoms with Crippen LogP contribution in [0.15, 0.2) is 29.4 Å². The third-order valence-electron chi connectivity index (χ3n) is 3.18. The summed E-state index contributed by atoms with van der Waals surface area (Å²) in [5.74, 6) is 7.44. The molecule has 0 bridgehead atoms. The summed E-state index contributed by atoms with van der Waals surface area (Å²) in [4.78, 5) is 0. The zero-order valence-electron chi connectivity index (χ0n) is 12.9. The molecule has 9 heteroatoms. The number of aromatic nitrogens is 5. The first-order valence-corrected chi connectivity index (χ1v) is 8.60. The van der Waals surface area contributed by atoms with Crippen molar-refractivity contribution < 1.29 is 4.74 Å². The predicted molar refractivity (Wildman–Crippen MR) is 91.1 cm³/mol. The average Bonchev–Trinajstić information content (AvgIpc) is 3.14. The van der Waals surface area contributed by atoms with Crippen LogP contribution in [-0.2, 0) is 0 Å². The van der Waals surface area contributed by atoms with Crippen LogP contribution in [0.3, 0.4) is 0 Å². The molecule has 3 aromatic rings. The summed E-state index contributed by atoms with van der Waals surface area (Å²) in [6.07, 6.45) is 0. The number of para-hydroxylation sites is 1. The molecule has 120 valence electrons. The van der Waals surface area contributed by atoms with Crippen molar-refractivity contribution in [2.45, 2.75) is 24.3 Å². The zero-order valence-corrected chi connectivity index (χ0v) is 14.6. The largest absolute Gasteiger partial charge is 0.496 e. The molecule has 0 amide bonds. The first-order chi connectivity index (χ1) is 11.1. The van der Waals surface area contributed by atoms with Crippen molar-refractivity contribution in [3.8, 4) is 17.1 Å². The molecule has 0 aliphatic rings. The van der Waals surface area contributed by atoms with E-state index in [-0.39, 0.29) is 5.25 Å². The molecule has 0 aliphatic heterocycles. The topological polar surface area (TPSA) is 91.7 Å². The number of hydrogen-bond donors (Lipinski definition) is 1. The molecule has 1 aromatic carbocycles. The maximum absolute atomic E-state index is 6.17. The number of benzene rings is 1. The Balaban J connectivity index is 1.87. The van der Waals surface area contributed by atoms with E-state index in [0.29, 0.717) is 16.7 Å². The van der Waals surface area contributed by atoms with Crippen LogP contribution in [-0.4, -0.2) is 32.2 Å². The van der Waals surface area contributed by atoms with Gasteiger partial charge in [0.25, 0.3) is 0 Å². The van der Waals surface area contributed by atoms with Gasteiger partial charge in [-0.15, -0.1) is 31.7 Å². The Hall–Kier alpha value is -2.13. The van der Waals surface area contributed by atoms with E-state index in [1.807, 2.05) is 38.1 Å². The van der Waals surface area contributed by atoms with Gasteiger partial charge in [-0.05, 0) is 26.0 Å². The van der Waals surface area contributed by atoms with Crippen LogP contribution in [0.5, 0.6) is 5.75 Å². The lowest BCUT2D eigenvalue weighted by molar-refractivity contribution is 0.416. The van der Waals surface area contributed by atoms with E-state index in [9.17, 15) is 0 Å². The number of methoxy groups -OCH3 is 1. The summed E-state index contributed by atoms with van der Waals surface area (Å²) in [5, 5.41) is 19.2. The normalized spacial score (nSPS) is 12.3. The summed E-state index contributed by atoms with van der Waals surface area (Å²) in [5.41, 5.74) is 0.802. The minimum absolute atomic E-state index is 0.0956. The summed E-state index contributed by atoms with van der Waals surface area (Å²) in [6.45, 7) is 3.98.